The summed E-state index contributed by atoms with van der Waals surface area (Å²) in [7, 11) is 0. The molecular weight excluding hydrogens is 324 g/mol. The van der Waals surface area contributed by atoms with Gasteiger partial charge in [-0.05, 0) is 36.5 Å². The Morgan fingerprint density at radius 1 is 1.23 bits per heavy atom. The molecule has 3 aliphatic rings. The number of aliphatic imine (C=N–C) groups is 1. The minimum Gasteiger partial charge on any atom is -0.334 e. The molecular formula is C21H28N4O. The average Bonchev–Trinajstić information content (AvgIpc) is 3.19. The summed E-state index contributed by atoms with van der Waals surface area (Å²) in [6, 6.07) is 6.17. The molecule has 5 heteroatoms. The van der Waals surface area contributed by atoms with Crippen molar-refractivity contribution in [3.05, 3.63) is 35.0 Å². The molecule has 4 rings (SSSR count). The molecule has 0 saturated carbocycles. The highest BCUT2D eigenvalue weighted by molar-refractivity contribution is 6.11. The quantitative estimate of drug-likeness (QED) is 0.774. The number of pyridine rings is 1. The number of rotatable bonds is 0. The summed E-state index contributed by atoms with van der Waals surface area (Å²) in [6.07, 6.45) is 4.24. The van der Waals surface area contributed by atoms with E-state index in [1.165, 1.54) is 11.1 Å². The molecule has 1 N–H and O–H groups in total. The second-order valence-corrected chi connectivity index (χ2v) is 8.51. The van der Waals surface area contributed by atoms with Gasteiger partial charge in [0.25, 0.3) is 0 Å². The van der Waals surface area contributed by atoms with Gasteiger partial charge in [-0.1, -0.05) is 39.7 Å². The first-order valence-corrected chi connectivity index (χ1v) is 9.73. The molecule has 0 saturated heterocycles. The Morgan fingerprint density at radius 2 is 2.08 bits per heavy atom. The molecule has 1 atom stereocenters. The highest BCUT2D eigenvalue weighted by atomic mass is 16.2. The average molecular weight is 352 g/mol. The van der Waals surface area contributed by atoms with E-state index in [0.29, 0.717) is 19.0 Å². The smallest absolute Gasteiger partial charge is 0.228 e. The van der Waals surface area contributed by atoms with Crippen molar-refractivity contribution >= 4 is 17.6 Å². The third-order valence-corrected chi connectivity index (χ3v) is 5.95. The summed E-state index contributed by atoms with van der Waals surface area (Å²) >= 11 is 0. The molecule has 5 nitrogen and oxygen atoms in total. The predicted octanol–water partition coefficient (Wildman–Crippen LogP) is 3.75. The summed E-state index contributed by atoms with van der Waals surface area (Å²) in [5, 5.41) is 3.41. The van der Waals surface area contributed by atoms with Gasteiger partial charge < -0.3 is 10.2 Å². The first kappa shape index (κ1) is 17.3. The molecule has 4 bridgehead atoms. The number of fused-ring (bicyclic) bond motifs is 3. The third kappa shape index (κ3) is 3.15. The molecule has 3 aliphatic heterocycles. The van der Waals surface area contributed by atoms with Crippen molar-refractivity contribution in [2.75, 3.05) is 25.0 Å². The van der Waals surface area contributed by atoms with E-state index in [9.17, 15) is 4.79 Å². The number of carbonyl (C=O) groups is 1. The number of amides is 1. The fourth-order valence-corrected chi connectivity index (χ4v) is 4.22. The van der Waals surface area contributed by atoms with Crippen LogP contribution in [0.1, 0.15) is 58.1 Å². The van der Waals surface area contributed by atoms with Crippen molar-refractivity contribution < 1.29 is 4.79 Å². The van der Waals surface area contributed by atoms with E-state index in [-0.39, 0.29) is 11.3 Å². The molecule has 138 valence electrons. The lowest BCUT2D eigenvalue weighted by atomic mass is 9.84. The number of carbonyl (C=O) groups excluding carboxylic acids is 1. The maximum absolute atomic E-state index is 13.1. The number of aromatic nitrogens is 1. The van der Waals surface area contributed by atoms with E-state index in [1.807, 2.05) is 11.0 Å². The summed E-state index contributed by atoms with van der Waals surface area (Å²) in [4.78, 5) is 24.6. The Bertz CT molecular complexity index is 793. The van der Waals surface area contributed by atoms with E-state index >= 15 is 0 Å². The maximum atomic E-state index is 13.1. The Hall–Kier alpha value is -2.17. The van der Waals surface area contributed by atoms with Crippen LogP contribution < -0.4 is 5.32 Å². The van der Waals surface area contributed by atoms with E-state index in [4.69, 9.17) is 4.98 Å². The molecule has 1 aromatic rings. The van der Waals surface area contributed by atoms with E-state index in [0.717, 1.165) is 49.6 Å². The SMILES string of the molecule is CC1CCCCC(C)(C)C(=O)N2CC3=C(C2)C(=NC3)Nc2cccc1n2. The number of nitrogens with zero attached hydrogens (tertiary/aromatic N) is 3. The first-order chi connectivity index (χ1) is 12.4. The van der Waals surface area contributed by atoms with E-state index < -0.39 is 0 Å². The van der Waals surface area contributed by atoms with Gasteiger partial charge in [-0.15, -0.1) is 0 Å². The molecule has 0 radical (unpaired) electrons. The molecule has 1 aromatic heterocycles. The second kappa shape index (κ2) is 6.53. The maximum Gasteiger partial charge on any atom is 0.228 e. The fourth-order valence-electron chi connectivity index (χ4n) is 4.22. The zero-order valence-electron chi connectivity index (χ0n) is 16.0. The van der Waals surface area contributed by atoms with Crippen LogP contribution in [0, 0.1) is 5.41 Å². The van der Waals surface area contributed by atoms with Gasteiger partial charge in [0.1, 0.15) is 11.7 Å². The van der Waals surface area contributed by atoms with Gasteiger partial charge in [-0.3, -0.25) is 9.79 Å². The molecule has 1 amide bonds. The predicted molar refractivity (Wildman–Crippen MR) is 104 cm³/mol. The van der Waals surface area contributed by atoms with Crippen LogP contribution >= 0.6 is 0 Å². The highest BCUT2D eigenvalue weighted by Crippen LogP contribution is 2.33. The van der Waals surface area contributed by atoms with E-state index in [2.05, 4.69) is 43.2 Å². The fraction of sp³-hybridized carbons (Fsp3) is 0.571. The van der Waals surface area contributed by atoms with Gasteiger partial charge in [-0.2, -0.15) is 0 Å². The van der Waals surface area contributed by atoms with Gasteiger partial charge in [0, 0.05) is 29.8 Å². The van der Waals surface area contributed by atoms with Crippen LogP contribution in [0.3, 0.4) is 0 Å². The van der Waals surface area contributed by atoms with Gasteiger partial charge >= 0.3 is 0 Å². The van der Waals surface area contributed by atoms with Crippen LogP contribution in [-0.4, -0.2) is 41.3 Å². The lowest BCUT2D eigenvalue weighted by Gasteiger charge is -2.30. The molecule has 0 aliphatic carbocycles. The van der Waals surface area contributed by atoms with Crippen LogP contribution in [0.15, 0.2) is 34.3 Å². The number of nitrogens with one attached hydrogen (secondary N) is 1. The van der Waals surface area contributed by atoms with Crippen molar-refractivity contribution in [2.24, 2.45) is 10.4 Å². The zero-order chi connectivity index (χ0) is 18.3. The Balaban J connectivity index is 1.64. The number of hydrogen-bond acceptors (Lipinski definition) is 4. The highest BCUT2D eigenvalue weighted by Gasteiger charge is 2.37. The van der Waals surface area contributed by atoms with Gasteiger partial charge in [0.05, 0.1) is 6.54 Å². The third-order valence-electron chi connectivity index (χ3n) is 5.95. The molecule has 0 spiro atoms. The molecule has 0 fully saturated rings. The van der Waals surface area contributed by atoms with Crippen LogP contribution in [0.25, 0.3) is 0 Å². The monoisotopic (exact) mass is 352 g/mol. The van der Waals surface area contributed by atoms with Crippen molar-refractivity contribution in [1.82, 2.24) is 9.88 Å². The largest absolute Gasteiger partial charge is 0.334 e. The van der Waals surface area contributed by atoms with Gasteiger partial charge in [0.15, 0.2) is 0 Å². The topological polar surface area (TPSA) is 57.6 Å². The molecule has 4 heterocycles. The van der Waals surface area contributed by atoms with Gasteiger partial charge in [0.2, 0.25) is 5.91 Å². The van der Waals surface area contributed by atoms with Crippen molar-refractivity contribution in [3.8, 4) is 0 Å². The van der Waals surface area contributed by atoms with E-state index in [1.54, 1.807) is 0 Å². The number of amidine groups is 1. The lowest BCUT2D eigenvalue weighted by Crippen LogP contribution is -2.41. The van der Waals surface area contributed by atoms with Crippen molar-refractivity contribution in [2.45, 2.75) is 52.4 Å². The van der Waals surface area contributed by atoms with Crippen LogP contribution in [0.5, 0.6) is 0 Å². The van der Waals surface area contributed by atoms with Crippen LogP contribution in [-0.2, 0) is 4.79 Å². The summed E-state index contributed by atoms with van der Waals surface area (Å²) in [5.74, 6) is 2.43. The van der Waals surface area contributed by atoms with Crippen LogP contribution in [0.4, 0.5) is 5.82 Å². The summed E-state index contributed by atoms with van der Waals surface area (Å²) in [6.45, 7) is 8.51. The zero-order valence-corrected chi connectivity index (χ0v) is 16.0. The lowest BCUT2D eigenvalue weighted by molar-refractivity contribution is -0.139. The summed E-state index contributed by atoms with van der Waals surface area (Å²) < 4.78 is 0. The Labute approximate surface area is 155 Å². The standard InChI is InChI=1S/C21H28N4O/c1-14-7-4-5-10-21(2,3)20(26)25-12-15-11-22-19(16(15)13-25)24-18-9-6-8-17(14)23-18/h6,8-9,14H,4-5,7,10-13H2,1-3H3,(H,22,23,24). The van der Waals surface area contributed by atoms with Crippen LogP contribution in [0.2, 0.25) is 0 Å². The normalized spacial score (nSPS) is 25.5. The van der Waals surface area contributed by atoms with Crippen molar-refractivity contribution in [1.29, 1.82) is 0 Å². The minimum atomic E-state index is -0.302. The first-order valence-electron chi connectivity index (χ1n) is 9.73. The number of hydrogen-bond donors (Lipinski definition) is 1. The van der Waals surface area contributed by atoms with Crippen molar-refractivity contribution in [3.63, 3.8) is 0 Å². The Morgan fingerprint density at radius 3 is 2.92 bits per heavy atom. The minimum absolute atomic E-state index is 0.271. The Kier molecular flexibility index (Phi) is 4.33. The summed E-state index contributed by atoms with van der Waals surface area (Å²) in [5.41, 5.74) is 3.28. The van der Waals surface area contributed by atoms with Gasteiger partial charge in [-0.25, -0.2) is 4.98 Å². The molecule has 1 unspecified atom stereocenters. The molecule has 0 aromatic carbocycles. The number of anilines is 1. The molecule has 26 heavy (non-hydrogen) atoms. The second-order valence-electron chi connectivity index (χ2n) is 8.51.